The van der Waals surface area contributed by atoms with Crippen molar-refractivity contribution in [1.29, 1.82) is 0 Å². The molecule has 0 aliphatic carbocycles. The Balaban J connectivity index is 2.07. The zero-order valence-corrected chi connectivity index (χ0v) is 12.4. The van der Waals surface area contributed by atoms with Gasteiger partial charge >= 0.3 is 0 Å². The fourth-order valence-electron chi connectivity index (χ4n) is 1.67. The van der Waals surface area contributed by atoms with Gasteiger partial charge < -0.3 is 11.1 Å². The van der Waals surface area contributed by atoms with Crippen LogP contribution >= 0.6 is 34.2 Å². The topological polar surface area (TPSA) is 92.5 Å². The lowest BCUT2D eigenvalue weighted by molar-refractivity contribution is 1.09. The van der Waals surface area contributed by atoms with Crippen LogP contribution in [0.2, 0.25) is 5.02 Å². The number of H-pyrrole nitrogens is 1. The van der Waals surface area contributed by atoms with Crippen molar-refractivity contribution in [3.63, 3.8) is 0 Å². The molecular formula is C11H8ClIN6. The van der Waals surface area contributed by atoms with E-state index < -0.39 is 0 Å². The number of fused-ring (bicyclic) bond motifs is 1. The van der Waals surface area contributed by atoms with Crippen molar-refractivity contribution in [2.24, 2.45) is 0 Å². The van der Waals surface area contributed by atoms with Crippen LogP contribution in [0.25, 0.3) is 11.0 Å². The maximum atomic E-state index is 5.93. The molecule has 19 heavy (non-hydrogen) atoms. The lowest BCUT2D eigenvalue weighted by Gasteiger charge is -2.09. The summed E-state index contributed by atoms with van der Waals surface area (Å²) < 4.78 is 0.985. The number of hydrogen-bond acceptors (Lipinski definition) is 5. The molecule has 0 amide bonds. The fraction of sp³-hybridized carbons (Fsp3) is 0. The summed E-state index contributed by atoms with van der Waals surface area (Å²) in [5.74, 6) is 0.791. The largest absolute Gasteiger partial charge is 0.368 e. The molecule has 0 aliphatic heterocycles. The van der Waals surface area contributed by atoms with E-state index in [1.165, 1.54) is 0 Å². The molecule has 6 nitrogen and oxygen atoms in total. The van der Waals surface area contributed by atoms with E-state index in [9.17, 15) is 0 Å². The molecule has 0 fully saturated rings. The molecule has 0 unspecified atom stereocenters. The number of rotatable bonds is 2. The normalized spacial score (nSPS) is 10.8. The maximum Gasteiger partial charge on any atom is 0.224 e. The van der Waals surface area contributed by atoms with E-state index in [0.29, 0.717) is 16.5 Å². The first-order valence-electron chi connectivity index (χ1n) is 5.32. The number of aromatic nitrogens is 4. The van der Waals surface area contributed by atoms with Crippen LogP contribution in [0.4, 0.5) is 17.5 Å². The second-order valence-electron chi connectivity index (χ2n) is 3.81. The van der Waals surface area contributed by atoms with Crippen molar-refractivity contribution in [1.82, 2.24) is 20.2 Å². The molecule has 0 spiro atoms. The van der Waals surface area contributed by atoms with Gasteiger partial charge in [0, 0.05) is 8.59 Å². The lowest BCUT2D eigenvalue weighted by Crippen LogP contribution is -2.01. The highest BCUT2D eigenvalue weighted by molar-refractivity contribution is 14.1. The molecule has 0 radical (unpaired) electrons. The molecule has 3 aromatic rings. The molecule has 2 aromatic heterocycles. The Morgan fingerprint density at radius 1 is 1.32 bits per heavy atom. The number of anilines is 3. The molecule has 0 atom stereocenters. The van der Waals surface area contributed by atoms with Crippen LogP contribution in [0, 0.1) is 3.57 Å². The minimum atomic E-state index is 0.184. The Morgan fingerprint density at radius 3 is 2.95 bits per heavy atom. The minimum absolute atomic E-state index is 0.184. The van der Waals surface area contributed by atoms with Gasteiger partial charge in [0.05, 0.1) is 17.3 Å². The third kappa shape index (κ3) is 2.43. The summed E-state index contributed by atoms with van der Waals surface area (Å²) in [6, 6.07) is 5.55. The number of nitrogens with one attached hydrogen (secondary N) is 2. The number of nitrogens with two attached hydrogens (primary N) is 1. The van der Waals surface area contributed by atoms with Gasteiger partial charge in [-0.1, -0.05) is 11.6 Å². The number of aromatic amines is 1. The maximum absolute atomic E-state index is 5.93. The molecule has 3 rings (SSSR count). The van der Waals surface area contributed by atoms with Gasteiger partial charge in [-0.3, -0.25) is 5.10 Å². The summed E-state index contributed by atoms with van der Waals surface area (Å²) in [7, 11) is 0. The first-order chi connectivity index (χ1) is 9.13. The van der Waals surface area contributed by atoms with Gasteiger partial charge in [0.1, 0.15) is 5.82 Å². The minimum Gasteiger partial charge on any atom is -0.368 e. The summed E-state index contributed by atoms with van der Waals surface area (Å²) in [6.07, 6.45) is 1.65. The molecule has 96 valence electrons. The van der Waals surface area contributed by atoms with Crippen LogP contribution in [-0.4, -0.2) is 20.2 Å². The smallest absolute Gasteiger partial charge is 0.224 e. The van der Waals surface area contributed by atoms with Gasteiger partial charge in [-0.05, 0) is 40.8 Å². The SMILES string of the molecule is Nc1nc(Nc2ccc(Cl)cc2I)c2cn[nH]c2n1. The van der Waals surface area contributed by atoms with E-state index in [2.05, 4.69) is 48.1 Å². The highest BCUT2D eigenvalue weighted by atomic mass is 127. The second-order valence-corrected chi connectivity index (χ2v) is 5.41. The zero-order valence-electron chi connectivity index (χ0n) is 9.48. The first kappa shape index (κ1) is 12.4. The zero-order chi connectivity index (χ0) is 13.4. The molecule has 4 N–H and O–H groups in total. The molecule has 8 heteroatoms. The first-order valence-corrected chi connectivity index (χ1v) is 6.78. The van der Waals surface area contributed by atoms with Crippen LogP contribution in [0.1, 0.15) is 0 Å². The van der Waals surface area contributed by atoms with Crippen molar-refractivity contribution < 1.29 is 0 Å². The van der Waals surface area contributed by atoms with Crippen LogP contribution in [0.15, 0.2) is 24.4 Å². The fourth-order valence-corrected chi connectivity index (χ4v) is 2.67. The van der Waals surface area contributed by atoms with Gasteiger partial charge in [0.2, 0.25) is 5.95 Å². The predicted molar refractivity (Wildman–Crippen MR) is 83.5 cm³/mol. The number of nitrogen functional groups attached to an aromatic ring is 1. The number of halogens is 2. The van der Waals surface area contributed by atoms with Gasteiger partial charge in [0.25, 0.3) is 0 Å². The monoisotopic (exact) mass is 386 g/mol. The van der Waals surface area contributed by atoms with E-state index in [-0.39, 0.29) is 5.95 Å². The summed E-state index contributed by atoms with van der Waals surface area (Å²) in [5.41, 5.74) is 7.16. The number of hydrogen-bond donors (Lipinski definition) is 3. The summed E-state index contributed by atoms with van der Waals surface area (Å²) in [5, 5.41) is 11.4. The van der Waals surface area contributed by atoms with E-state index in [1.54, 1.807) is 6.20 Å². The van der Waals surface area contributed by atoms with Crippen LogP contribution in [0.5, 0.6) is 0 Å². The quantitative estimate of drug-likeness (QED) is 0.589. The Labute approximate surface area is 126 Å². The number of benzene rings is 1. The van der Waals surface area contributed by atoms with E-state index in [4.69, 9.17) is 17.3 Å². The predicted octanol–water partition coefficient (Wildman–Crippen LogP) is 2.94. The van der Waals surface area contributed by atoms with Gasteiger partial charge in [0.15, 0.2) is 5.65 Å². The molecule has 0 saturated heterocycles. The summed E-state index contributed by atoms with van der Waals surface area (Å²) in [6.45, 7) is 0. The van der Waals surface area contributed by atoms with Crippen LogP contribution < -0.4 is 11.1 Å². The Bertz CT molecular complexity index is 756. The summed E-state index contributed by atoms with van der Waals surface area (Å²) >= 11 is 8.13. The van der Waals surface area contributed by atoms with Crippen LogP contribution in [-0.2, 0) is 0 Å². The average Bonchev–Trinajstić information content (AvgIpc) is 2.80. The Hall–Kier alpha value is -1.61. The van der Waals surface area contributed by atoms with E-state index in [0.717, 1.165) is 14.6 Å². The lowest BCUT2D eigenvalue weighted by atomic mass is 10.3. The standard InChI is InChI=1S/C11H8ClIN6/c12-5-1-2-8(7(13)3-5)16-9-6-4-15-19-10(6)18-11(14)17-9/h1-4H,(H4,14,15,16,17,18,19). The third-order valence-electron chi connectivity index (χ3n) is 2.51. The van der Waals surface area contributed by atoms with Crippen molar-refractivity contribution in [3.05, 3.63) is 33.0 Å². The Morgan fingerprint density at radius 2 is 2.16 bits per heavy atom. The van der Waals surface area contributed by atoms with Crippen molar-refractivity contribution in [2.45, 2.75) is 0 Å². The number of nitrogens with zero attached hydrogens (tertiary/aromatic N) is 3. The molecule has 2 heterocycles. The van der Waals surface area contributed by atoms with Gasteiger partial charge in [-0.15, -0.1) is 0 Å². The van der Waals surface area contributed by atoms with Crippen molar-refractivity contribution >= 4 is 62.7 Å². The molecule has 0 aliphatic rings. The van der Waals surface area contributed by atoms with Crippen molar-refractivity contribution in [3.8, 4) is 0 Å². The molecular weight excluding hydrogens is 379 g/mol. The molecule has 1 aromatic carbocycles. The third-order valence-corrected chi connectivity index (χ3v) is 3.64. The van der Waals surface area contributed by atoms with Crippen molar-refractivity contribution in [2.75, 3.05) is 11.1 Å². The van der Waals surface area contributed by atoms with E-state index in [1.807, 2.05) is 18.2 Å². The average molecular weight is 387 g/mol. The second kappa shape index (κ2) is 4.82. The highest BCUT2D eigenvalue weighted by Crippen LogP contribution is 2.27. The van der Waals surface area contributed by atoms with E-state index >= 15 is 0 Å². The highest BCUT2D eigenvalue weighted by Gasteiger charge is 2.09. The summed E-state index contributed by atoms with van der Waals surface area (Å²) in [4.78, 5) is 8.25. The van der Waals surface area contributed by atoms with Gasteiger partial charge in [-0.2, -0.15) is 15.1 Å². The Kier molecular flexibility index (Phi) is 3.15. The van der Waals surface area contributed by atoms with Gasteiger partial charge in [-0.25, -0.2) is 0 Å². The molecule has 0 saturated carbocycles. The molecule has 0 bridgehead atoms. The van der Waals surface area contributed by atoms with Crippen LogP contribution in [0.3, 0.4) is 0 Å².